The molecule has 1 fully saturated rings. The number of ether oxygens (including phenoxy) is 1. The van der Waals surface area contributed by atoms with E-state index in [1.165, 1.54) is 12.5 Å². The highest BCUT2D eigenvalue weighted by atomic mass is 35.5. The van der Waals surface area contributed by atoms with Crippen LogP contribution in [0.15, 0.2) is 18.2 Å². The molecule has 18 heavy (non-hydrogen) atoms. The minimum atomic E-state index is -0.822. The Balaban J connectivity index is 1.94. The van der Waals surface area contributed by atoms with E-state index in [2.05, 4.69) is 0 Å². The van der Waals surface area contributed by atoms with E-state index in [1.807, 2.05) is 0 Å². The van der Waals surface area contributed by atoms with E-state index in [9.17, 15) is 8.78 Å². The maximum Gasteiger partial charge on any atom is 0.159 e. The predicted octanol–water partition coefficient (Wildman–Crippen LogP) is 4.07. The lowest BCUT2D eigenvalue weighted by atomic mass is 9.76. The minimum absolute atomic E-state index is 0.0923. The summed E-state index contributed by atoms with van der Waals surface area (Å²) >= 11 is 6.29. The Bertz CT molecular complexity index is 413. The maximum absolute atomic E-state index is 13.1. The molecule has 0 amide bonds. The lowest BCUT2D eigenvalue weighted by molar-refractivity contribution is -0.0777. The third kappa shape index (κ3) is 3.01. The number of hydrogen-bond donors (Lipinski definition) is 0. The normalized spacial score (nSPS) is 19.3. The average molecular weight is 275 g/mol. The van der Waals surface area contributed by atoms with Gasteiger partial charge in [-0.05, 0) is 49.8 Å². The van der Waals surface area contributed by atoms with Gasteiger partial charge in [0.05, 0.1) is 5.60 Å². The molecule has 100 valence electrons. The van der Waals surface area contributed by atoms with Gasteiger partial charge in [-0.15, -0.1) is 11.6 Å². The molecule has 1 unspecified atom stereocenters. The predicted molar refractivity (Wildman–Crippen MR) is 67.9 cm³/mol. The molecule has 0 radical (unpaired) electrons. The van der Waals surface area contributed by atoms with Crippen molar-refractivity contribution in [2.45, 2.75) is 43.1 Å². The van der Waals surface area contributed by atoms with Crippen LogP contribution < -0.4 is 0 Å². The number of halogens is 3. The van der Waals surface area contributed by atoms with Gasteiger partial charge < -0.3 is 4.74 Å². The fraction of sp³-hybridized carbons (Fsp3) is 0.571. The fourth-order valence-corrected chi connectivity index (χ4v) is 2.92. The van der Waals surface area contributed by atoms with Crippen molar-refractivity contribution >= 4 is 11.6 Å². The quantitative estimate of drug-likeness (QED) is 0.736. The molecule has 0 saturated heterocycles. The molecule has 2 rings (SSSR count). The standard InChI is InChI=1S/C14H17ClF2O/c1-18-14(5-2-6-14)9-11(15)7-10-3-4-12(16)13(17)8-10/h3-4,8,11H,2,5-7,9H2,1H3. The second kappa shape index (κ2) is 5.54. The van der Waals surface area contributed by atoms with E-state index in [-0.39, 0.29) is 11.0 Å². The number of alkyl halides is 1. The Morgan fingerprint density at radius 1 is 1.33 bits per heavy atom. The van der Waals surface area contributed by atoms with Gasteiger partial charge in [-0.2, -0.15) is 0 Å². The maximum atomic E-state index is 13.1. The Kier molecular flexibility index (Phi) is 4.23. The number of rotatable bonds is 5. The highest BCUT2D eigenvalue weighted by molar-refractivity contribution is 6.20. The van der Waals surface area contributed by atoms with E-state index in [0.29, 0.717) is 6.42 Å². The molecule has 0 spiro atoms. The number of hydrogen-bond acceptors (Lipinski definition) is 1. The number of benzene rings is 1. The van der Waals surface area contributed by atoms with Gasteiger partial charge in [-0.1, -0.05) is 6.07 Å². The summed E-state index contributed by atoms with van der Waals surface area (Å²) in [5.74, 6) is -1.64. The van der Waals surface area contributed by atoms with Gasteiger partial charge >= 0.3 is 0 Å². The second-order valence-corrected chi connectivity index (χ2v) is 5.61. The molecule has 0 aromatic heterocycles. The third-order valence-electron chi connectivity index (χ3n) is 3.73. The first-order valence-corrected chi connectivity index (χ1v) is 6.61. The zero-order chi connectivity index (χ0) is 13.2. The fourth-order valence-electron chi connectivity index (χ4n) is 2.46. The lowest BCUT2D eigenvalue weighted by Crippen LogP contribution is -2.41. The summed E-state index contributed by atoms with van der Waals surface area (Å²) in [6, 6.07) is 3.93. The largest absolute Gasteiger partial charge is 0.378 e. The molecule has 0 heterocycles. The van der Waals surface area contributed by atoms with Crippen LogP contribution in [0, 0.1) is 11.6 Å². The van der Waals surface area contributed by atoms with Crippen LogP contribution >= 0.6 is 11.6 Å². The van der Waals surface area contributed by atoms with E-state index in [1.54, 1.807) is 13.2 Å². The summed E-state index contributed by atoms with van der Waals surface area (Å²) in [5, 5.41) is -0.116. The molecular formula is C14H17ClF2O. The smallest absolute Gasteiger partial charge is 0.159 e. The molecule has 1 atom stereocenters. The summed E-state index contributed by atoms with van der Waals surface area (Å²) < 4.78 is 31.4. The van der Waals surface area contributed by atoms with E-state index in [4.69, 9.17) is 16.3 Å². The van der Waals surface area contributed by atoms with Crippen molar-refractivity contribution in [1.82, 2.24) is 0 Å². The molecule has 1 aliphatic carbocycles. The molecule has 1 aromatic carbocycles. The van der Waals surface area contributed by atoms with Crippen molar-refractivity contribution < 1.29 is 13.5 Å². The first kappa shape index (κ1) is 13.8. The molecular weight excluding hydrogens is 258 g/mol. The van der Waals surface area contributed by atoms with Crippen molar-refractivity contribution in [3.05, 3.63) is 35.4 Å². The van der Waals surface area contributed by atoms with Crippen molar-refractivity contribution in [3.63, 3.8) is 0 Å². The summed E-state index contributed by atoms with van der Waals surface area (Å²) in [6.45, 7) is 0. The first-order valence-electron chi connectivity index (χ1n) is 6.18. The lowest BCUT2D eigenvalue weighted by Gasteiger charge is -2.41. The van der Waals surface area contributed by atoms with Crippen LogP contribution in [0.3, 0.4) is 0 Å². The highest BCUT2D eigenvalue weighted by Crippen LogP contribution is 2.40. The molecule has 1 aliphatic rings. The Morgan fingerprint density at radius 2 is 2.06 bits per heavy atom. The minimum Gasteiger partial charge on any atom is -0.378 e. The van der Waals surface area contributed by atoms with Crippen LogP contribution in [-0.2, 0) is 11.2 Å². The van der Waals surface area contributed by atoms with Crippen LogP contribution in [0.25, 0.3) is 0 Å². The monoisotopic (exact) mass is 274 g/mol. The summed E-state index contributed by atoms with van der Waals surface area (Å²) in [5.41, 5.74) is 0.629. The van der Waals surface area contributed by atoms with Crippen LogP contribution in [-0.4, -0.2) is 18.1 Å². The van der Waals surface area contributed by atoms with Gasteiger partial charge in [-0.25, -0.2) is 8.78 Å². The van der Waals surface area contributed by atoms with Gasteiger partial charge in [-0.3, -0.25) is 0 Å². The van der Waals surface area contributed by atoms with Gasteiger partial charge in [0.15, 0.2) is 11.6 Å². The Hall–Kier alpha value is -0.670. The molecule has 0 N–H and O–H groups in total. The number of methoxy groups -OCH3 is 1. The van der Waals surface area contributed by atoms with Crippen molar-refractivity contribution in [3.8, 4) is 0 Å². The summed E-state index contributed by atoms with van der Waals surface area (Å²) in [6.07, 6.45) is 4.52. The Labute approximate surface area is 111 Å². The Morgan fingerprint density at radius 3 is 2.56 bits per heavy atom. The van der Waals surface area contributed by atoms with E-state index < -0.39 is 11.6 Å². The SMILES string of the molecule is COC1(CC(Cl)Cc2ccc(F)c(F)c2)CCC1. The van der Waals surface area contributed by atoms with Crippen LogP contribution in [0.4, 0.5) is 8.78 Å². The average Bonchev–Trinajstić information content (AvgIpc) is 2.29. The van der Waals surface area contributed by atoms with Crippen molar-refractivity contribution in [2.24, 2.45) is 0 Å². The molecule has 0 aliphatic heterocycles. The topological polar surface area (TPSA) is 9.23 Å². The molecule has 0 bridgehead atoms. The zero-order valence-corrected chi connectivity index (χ0v) is 11.1. The van der Waals surface area contributed by atoms with Crippen LogP contribution in [0.5, 0.6) is 0 Å². The summed E-state index contributed by atoms with van der Waals surface area (Å²) in [7, 11) is 1.71. The van der Waals surface area contributed by atoms with Gasteiger partial charge in [0, 0.05) is 12.5 Å². The zero-order valence-electron chi connectivity index (χ0n) is 10.4. The van der Waals surface area contributed by atoms with Gasteiger partial charge in [0.2, 0.25) is 0 Å². The van der Waals surface area contributed by atoms with Gasteiger partial charge in [0.1, 0.15) is 0 Å². The van der Waals surface area contributed by atoms with Crippen LogP contribution in [0.1, 0.15) is 31.2 Å². The van der Waals surface area contributed by atoms with Crippen molar-refractivity contribution in [2.75, 3.05) is 7.11 Å². The van der Waals surface area contributed by atoms with E-state index >= 15 is 0 Å². The molecule has 4 heteroatoms. The van der Waals surface area contributed by atoms with E-state index in [0.717, 1.165) is 30.9 Å². The molecule has 1 saturated carbocycles. The molecule has 1 nitrogen and oxygen atoms in total. The summed E-state index contributed by atoms with van der Waals surface area (Å²) in [4.78, 5) is 0. The van der Waals surface area contributed by atoms with Crippen molar-refractivity contribution in [1.29, 1.82) is 0 Å². The first-order chi connectivity index (χ1) is 8.54. The molecule has 1 aromatic rings. The second-order valence-electron chi connectivity index (χ2n) is 4.99. The van der Waals surface area contributed by atoms with Gasteiger partial charge in [0.25, 0.3) is 0 Å². The third-order valence-corrected chi connectivity index (χ3v) is 4.04. The van der Waals surface area contributed by atoms with Crippen LogP contribution in [0.2, 0.25) is 0 Å². The highest BCUT2D eigenvalue weighted by Gasteiger charge is 2.38.